The molecule has 0 bridgehead atoms. The Kier molecular flexibility index (Phi) is 5.60. The molecule has 1 rings (SSSR count). The van der Waals surface area contributed by atoms with E-state index in [9.17, 15) is 0 Å². The van der Waals surface area contributed by atoms with Crippen LogP contribution >= 0.6 is 0 Å². The number of amidine groups is 1. The monoisotopic (exact) mass is 227 g/mol. The standard InChI is InChI=1S/C12H25N3O/c1-3-10-6-4-5-7-11(10)15(2)9-8-12(13)14-16/h10-11,16H,3-9H2,1-2H3,(H2,13,14). The lowest BCUT2D eigenvalue weighted by atomic mass is 9.82. The second kappa shape index (κ2) is 6.74. The van der Waals surface area contributed by atoms with Crippen molar-refractivity contribution in [1.82, 2.24) is 4.90 Å². The van der Waals surface area contributed by atoms with Crippen molar-refractivity contribution < 1.29 is 5.21 Å². The Labute approximate surface area is 98.5 Å². The first kappa shape index (κ1) is 13.3. The zero-order valence-corrected chi connectivity index (χ0v) is 10.5. The van der Waals surface area contributed by atoms with Crippen LogP contribution in [0.1, 0.15) is 45.4 Å². The van der Waals surface area contributed by atoms with E-state index in [1.807, 2.05) is 0 Å². The summed E-state index contributed by atoms with van der Waals surface area (Å²) in [5.74, 6) is 1.15. The van der Waals surface area contributed by atoms with Crippen LogP contribution in [0, 0.1) is 5.92 Å². The Balaban J connectivity index is 2.41. The fourth-order valence-electron chi connectivity index (χ4n) is 2.75. The molecule has 3 N–H and O–H groups in total. The molecule has 4 nitrogen and oxygen atoms in total. The fourth-order valence-corrected chi connectivity index (χ4v) is 2.75. The normalized spacial score (nSPS) is 27.3. The molecule has 1 fully saturated rings. The van der Waals surface area contributed by atoms with Gasteiger partial charge < -0.3 is 15.8 Å². The molecule has 94 valence electrons. The van der Waals surface area contributed by atoms with Crippen molar-refractivity contribution in [3.05, 3.63) is 0 Å². The highest BCUT2D eigenvalue weighted by atomic mass is 16.4. The highest BCUT2D eigenvalue weighted by molar-refractivity contribution is 5.79. The summed E-state index contributed by atoms with van der Waals surface area (Å²) in [6.07, 6.45) is 7.29. The molecule has 0 aromatic rings. The third-order valence-electron chi connectivity index (χ3n) is 3.81. The molecule has 1 saturated carbocycles. The summed E-state index contributed by atoms with van der Waals surface area (Å²) in [5, 5.41) is 11.5. The van der Waals surface area contributed by atoms with Crippen LogP contribution in [0.15, 0.2) is 5.16 Å². The zero-order valence-electron chi connectivity index (χ0n) is 10.5. The number of oxime groups is 1. The Morgan fingerprint density at radius 3 is 2.75 bits per heavy atom. The van der Waals surface area contributed by atoms with E-state index < -0.39 is 0 Å². The van der Waals surface area contributed by atoms with Crippen LogP contribution in [0.2, 0.25) is 0 Å². The van der Waals surface area contributed by atoms with Crippen molar-refractivity contribution in [2.24, 2.45) is 16.8 Å². The number of hydrogen-bond donors (Lipinski definition) is 2. The van der Waals surface area contributed by atoms with E-state index >= 15 is 0 Å². The van der Waals surface area contributed by atoms with Crippen molar-refractivity contribution in [1.29, 1.82) is 0 Å². The lowest BCUT2D eigenvalue weighted by Crippen LogP contribution is -2.41. The van der Waals surface area contributed by atoms with Gasteiger partial charge in [0.1, 0.15) is 5.84 Å². The Morgan fingerprint density at radius 1 is 1.44 bits per heavy atom. The van der Waals surface area contributed by atoms with Gasteiger partial charge >= 0.3 is 0 Å². The van der Waals surface area contributed by atoms with Crippen LogP contribution in [0.25, 0.3) is 0 Å². The van der Waals surface area contributed by atoms with E-state index in [2.05, 4.69) is 24.0 Å². The molecule has 0 aromatic carbocycles. The highest BCUT2D eigenvalue weighted by Crippen LogP contribution is 2.29. The maximum absolute atomic E-state index is 8.50. The first-order valence-corrected chi connectivity index (χ1v) is 6.35. The summed E-state index contributed by atoms with van der Waals surface area (Å²) in [4.78, 5) is 2.38. The molecule has 0 aliphatic heterocycles. The molecule has 1 aliphatic carbocycles. The molecule has 0 aromatic heterocycles. The number of nitrogens with zero attached hydrogens (tertiary/aromatic N) is 2. The van der Waals surface area contributed by atoms with Crippen molar-refractivity contribution in [2.75, 3.05) is 13.6 Å². The van der Waals surface area contributed by atoms with Crippen molar-refractivity contribution in [3.8, 4) is 0 Å². The Hall–Kier alpha value is -0.770. The lowest BCUT2D eigenvalue weighted by molar-refractivity contribution is 0.129. The zero-order chi connectivity index (χ0) is 12.0. The summed E-state index contributed by atoms with van der Waals surface area (Å²) in [6.45, 7) is 3.16. The summed E-state index contributed by atoms with van der Waals surface area (Å²) in [7, 11) is 2.16. The summed E-state index contributed by atoms with van der Waals surface area (Å²) >= 11 is 0. The molecule has 2 atom stereocenters. The SMILES string of the molecule is CCC1CCCCC1N(C)CCC(N)=NO. The molecule has 0 heterocycles. The van der Waals surface area contributed by atoms with E-state index in [4.69, 9.17) is 10.9 Å². The Morgan fingerprint density at radius 2 is 2.12 bits per heavy atom. The minimum absolute atomic E-state index is 0.329. The van der Waals surface area contributed by atoms with Gasteiger partial charge in [0.2, 0.25) is 0 Å². The maximum Gasteiger partial charge on any atom is 0.140 e. The molecule has 4 heteroatoms. The van der Waals surface area contributed by atoms with Crippen LogP contribution in [0.5, 0.6) is 0 Å². The molecule has 0 amide bonds. The van der Waals surface area contributed by atoms with Crippen LogP contribution in [-0.2, 0) is 0 Å². The van der Waals surface area contributed by atoms with Gasteiger partial charge in [0.15, 0.2) is 0 Å². The minimum Gasteiger partial charge on any atom is -0.409 e. The molecule has 1 aliphatic rings. The minimum atomic E-state index is 0.329. The third-order valence-corrected chi connectivity index (χ3v) is 3.81. The quantitative estimate of drug-likeness (QED) is 0.327. The largest absolute Gasteiger partial charge is 0.409 e. The molecular weight excluding hydrogens is 202 g/mol. The van der Waals surface area contributed by atoms with Gasteiger partial charge in [-0.15, -0.1) is 0 Å². The van der Waals surface area contributed by atoms with Crippen LogP contribution in [-0.4, -0.2) is 35.6 Å². The van der Waals surface area contributed by atoms with Crippen LogP contribution in [0.4, 0.5) is 0 Å². The topological polar surface area (TPSA) is 61.8 Å². The van der Waals surface area contributed by atoms with Gasteiger partial charge in [-0.05, 0) is 25.8 Å². The molecule has 0 saturated heterocycles. The van der Waals surface area contributed by atoms with Gasteiger partial charge in [-0.2, -0.15) is 0 Å². The van der Waals surface area contributed by atoms with Gasteiger partial charge in [-0.3, -0.25) is 0 Å². The number of rotatable bonds is 5. The average Bonchev–Trinajstić information content (AvgIpc) is 2.35. The van der Waals surface area contributed by atoms with Gasteiger partial charge in [-0.25, -0.2) is 0 Å². The molecule has 0 spiro atoms. The average molecular weight is 227 g/mol. The molecule has 2 unspecified atom stereocenters. The predicted molar refractivity (Wildman–Crippen MR) is 66.7 cm³/mol. The Bertz CT molecular complexity index is 230. The maximum atomic E-state index is 8.50. The lowest BCUT2D eigenvalue weighted by Gasteiger charge is -2.37. The number of hydrogen-bond acceptors (Lipinski definition) is 3. The van der Waals surface area contributed by atoms with E-state index in [1.54, 1.807) is 0 Å². The predicted octanol–water partition coefficient (Wildman–Crippen LogP) is 2.02. The van der Waals surface area contributed by atoms with Crippen molar-refractivity contribution >= 4 is 5.84 Å². The fraction of sp³-hybridized carbons (Fsp3) is 0.917. The van der Waals surface area contributed by atoms with Crippen molar-refractivity contribution in [3.63, 3.8) is 0 Å². The first-order chi connectivity index (χ1) is 7.69. The first-order valence-electron chi connectivity index (χ1n) is 6.35. The second-order valence-corrected chi connectivity index (χ2v) is 4.84. The van der Waals surface area contributed by atoms with E-state index in [0.29, 0.717) is 18.3 Å². The summed E-state index contributed by atoms with van der Waals surface area (Å²) < 4.78 is 0. The van der Waals surface area contributed by atoms with Gasteiger partial charge in [0, 0.05) is 19.0 Å². The molecular formula is C12H25N3O. The summed E-state index contributed by atoms with van der Waals surface area (Å²) in [6, 6.07) is 0.685. The van der Waals surface area contributed by atoms with E-state index in [0.717, 1.165) is 12.5 Å². The van der Waals surface area contributed by atoms with Crippen LogP contribution in [0.3, 0.4) is 0 Å². The van der Waals surface area contributed by atoms with Crippen LogP contribution < -0.4 is 5.73 Å². The van der Waals surface area contributed by atoms with Gasteiger partial charge in [0.25, 0.3) is 0 Å². The summed E-state index contributed by atoms with van der Waals surface area (Å²) in [5.41, 5.74) is 5.49. The van der Waals surface area contributed by atoms with E-state index in [-0.39, 0.29) is 0 Å². The smallest absolute Gasteiger partial charge is 0.140 e. The van der Waals surface area contributed by atoms with Gasteiger partial charge in [-0.1, -0.05) is 31.3 Å². The second-order valence-electron chi connectivity index (χ2n) is 4.84. The van der Waals surface area contributed by atoms with Gasteiger partial charge in [0.05, 0.1) is 0 Å². The number of nitrogens with two attached hydrogens (primary N) is 1. The molecule has 16 heavy (non-hydrogen) atoms. The molecule has 0 radical (unpaired) electrons. The van der Waals surface area contributed by atoms with E-state index in [1.165, 1.54) is 32.1 Å². The van der Waals surface area contributed by atoms with Crippen molar-refractivity contribution in [2.45, 2.75) is 51.5 Å². The third kappa shape index (κ3) is 3.67. The highest BCUT2D eigenvalue weighted by Gasteiger charge is 2.26.